The monoisotopic (exact) mass is 593 g/mol. The summed E-state index contributed by atoms with van der Waals surface area (Å²) in [4.78, 5) is 34.8. The average Bonchev–Trinajstić information content (AvgIpc) is 2.96. The maximum atomic E-state index is 13.0. The number of aliphatic hydroxyl groups is 1. The number of ketones is 1. The number of carbonyl (C=O) groups excluding carboxylic acids is 2. The van der Waals surface area contributed by atoms with E-state index in [0.29, 0.717) is 11.1 Å². The van der Waals surface area contributed by atoms with Crippen LogP contribution in [0.3, 0.4) is 0 Å². The van der Waals surface area contributed by atoms with Crippen LogP contribution >= 0.6 is 0 Å². The number of aliphatic hydroxyl groups excluding tert-OH is 1. The summed E-state index contributed by atoms with van der Waals surface area (Å²) in [7, 11) is 0. The van der Waals surface area contributed by atoms with Gasteiger partial charge in [0.25, 0.3) is 0 Å². The van der Waals surface area contributed by atoms with Gasteiger partial charge in [-0.25, -0.2) is 5.70 Å². The van der Waals surface area contributed by atoms with Gasteiger partial charge in [-0.2, -0.15) is 35.9 Å². The van der Waals surface area contributed by atoms with Crippen LogP contribution in [-0.4, -0.2) is 33.0 Å². The van der Waals surface area contributed by atoms with Crippen molar-refractivity contribution in [2.75, 3.05) is 0 Å². The Labute approximate surface area is 196 Å². The minimum absolute atomic E-state index is 0. The first kappa shape index (κ1) is 26.1. The van der Waals surface area contributed by atoms with Crippen LogP contribution in [0.15, 0.2) is 65.1 Å². The first-order valence-electron chi connectivity index (χ1n) is 8.99. The van der Waals surface area contributed by atoms with E-state index in [1.54, 1.807) is 63.4 Å². The van der Waals surface area contributed by atoms with Crippen LogP contribution < -0.4 is 0 Å². The average molecular weight is 592 g/mol. The van der Waals surface area contributed by atoms with Crippen molar-refractivity contribution in [2.24, 2.45) is 10.4 Å². The molecule has 2 aromatic rings. The van der Waals surface area contributed by atoms with E-state index in [2.05, 4.69) is 22.4 Å². The Balaban J connectivity index is 0.00000240. The molecule has 0 spiro atoms. The van der Waals surface area contributed by atoms with Crippen molar-refractivity contribution in [3.8, 4) is 0 Å². The molecule has 1 aliphatic heterocycles. The third-order valence-electron chi connectivity index (χ3n) is 4.40. The van der Waals surface area contributed by atoms with Gasteiger partial charge in [0.2, 0.25) is 0 Å². The normalized spacial score (nSPS) is 16.2. The summed E-state index contributed by atoms with van der Waals surface area (Å²) in [5, 5.41) is 10.5. The van der Waals surface area contributed by atoms with Gasteiger partial charge in [0.05, 0.1) is 5.57 Å². The van der Waals surface area contributed by atoms with Gasteiger partial charge in [0.1, 0.15) is 5.76 Å². The predicted octanol–water partition coefficient (Wildman–Crippen LogP) is 4.02. The second kappa shape index (κ2) is 10.4. The van der Waals surface area contributed by atoms with E-state index in [1.807, 2.05) is 0 Å². The zero-order chi connectivity index (χ0) is 21.2. The fourth-order valence-electron chi connectivity index (χ4n) is 2.90. The molecule has 1 aromatic carbocycles. The van der Waals surface area contributed by atoms with Crippen molar-refractivity contribution >= 4 is 23.7 Å². The molecule has 0 saturated heterocycles. The minimum Gasteiger partial charge on any atom is -0.515 e. The molecule has 0 saturated carbocycles. The van der Waals surface area contributed by atoms with Gasteiger partial charge in [-0.05, 0) is 0 Å². The second-order valence-electron chi connectivity index (χ2n) is 7.58. The third kappa shape index (κ3) is 5.42. The quantitative estimate of drug-likeness (QED) is 0.324. The summed E-state index contributed by atoms with van der Waals surface area (Å²) in [6.45, 7) is 11.1. The molecule has 1 atom stereocenters. The van der Waals surface area contributed by atoms with E-state index in [-0.39, 0.29) is 44.3 Å². The molecule has 1 aliphatic rings. The fraction of sp³-hybridized carbons (Fsp3) is 0.208. The van der Waals surface area contributed by atoms with Crippen LogP contribution in [0.2, 0.25) is 0 Å². The van der Waals surface area contributed by atoms with E-state index in [9.17, 15) is 14.7 Å². The topological polar surface area (TPSA) is 82.9 Å². The molecular weight excluding hydrogens is 569 g/mol. The molecule has 0 radical (unpaired) electrons. The molecule has 2 heterocycles. The SMILES string of the molecule is [CH-]=C(N=[C-]N1C(=O)C(O)=C(C(=O)C(C)(C)C)C1c1[c-]cccc1)c1cccnc1.[CH3-].[Os+4]. The maximum Gasteiger partial charge on any atom is 4.00 e. The summed E-state index contributed by atoms with van der Waals surface area (Å²) in [5.41, 5.74) is 0.368. The Morgan fingerprint density at radius 3 is 2.55 bits per heavy atom. The number of nitrogens with zero attached hydrogens (tertiary/aromatic N) is 3. The fourth-order valence-corrected chi connectivity index (χ4v) is 2.90. The van der Waals surface area contributed by atoms with Crippen LogP contribution in [0, 0.1) is 25.5 Å². The molecule has 3 rings (SSSR count). The predicted molar refractivity (Wildman–Crippen MR) is 115 cm³/mol. The number of aliphatic imine (C=N–C) groups is 1. The molecule has 6 nitrogen and oxygen atoms in total. The van der Waals surface area contributed by atoms with Gasteiger partial charge in [0.15, 0.2) is 11.7 Å². The Morgan fingerprint density at radius 2 is 2.00 bits per heavy atom. The van der Waals surface area contributed by atoms with Crippen LogP contribution in [0.1, 0.15) is 37.9 Å². The summed E-state index contributed by atoms with van der Waals surface area (Å²) in [6.07, 6.45) is 5.72. The van der Waals surface area contributed by atoms with Crippen LogP contribution in [0.4, 0.5) is 0 Å². The molecule has 1 unspecified atom stereocenters. The molecule has 0 aliphatic carbocycles. The molecule has 1 aromatic heterocycles. The van der Waals surface area contributed by atoms with Gasteiger partial charge in [0, 0.05) is 24.0 Å². The second-order valence-corrected chi connectivity index (χ2v) is 7.58. The largest absolute Gasteiger partial charge is 4.00 e. The van der Waals surface area contributed by atoms with E-state index in [0.717, 1.165) is 4.90 Å². The minimum atomic E-state index is -0.902. The first-order valence-corrected chi connectivity index (χ1v) is 8.99. The van der Waals surface area contributed by atoms with Gasteiger partial charge >= 0.3 is 19.8 Å². The number of amides is 1. The van der Waals surface area contributed by atoms with Crippen LogP contribution in [0.5, 0.6) is 0 Å². The number of rotatable bonds is 5. The number of aromatic nitrogens is 1. The first-order chi connectivity index (χ1) is 13.7. The Hall–Kier alpha value is -2.90. The van der Waals surface area contributed by atoms with Gasteiger partial charge < -0.3 is 33.8 Å². The van der Waals surface area contributed by atoms with Crippen molar-refractivity contribution in [2.45, 2.75) is 26.8 Å². The van der Waals surface area contributed by atoms with Crippen molar-refractivity contribution in [1.29, 1.82) is 0 Å². The number of hydrogen-bond donors (Lipinski definition) is 1. The van der Waals surface area contributed by atoms with Gasteiger partial charge in [-0.3, -0.25) is 9.78 Å². The molecule has 0 fully saturated rings. The number of carbonyl (C=O) groups is 2. The Morgan fingerprint density at radius 1 is 1.29 bits per heavy atom. The van der Waals surface area contributed by atoms with Crippen molar-refractivity contribution < 1.29 is 34.5 Å². The van der Waals surface area contributed by atoms with Gasteiger partial charge in [-0.1, -0.05) is 33.0 Å². The van der Waals surface area contributed by atoms with E-state index < -0.39 is 23.1 Å². The zero-order valence-electron chi connectivity index (χ0n) is 17.7. The standard InChI is InChI=1S/C23H20N3O3.CH3.Os/c1-15(17-11-8-12-24-13-17)25-14-26-19(16-9-6-5-7-10-16)18(20(27)22(26)29)21(28)23(2,3)4;;/h1,5-9,11-13,19,27H,2-4H3;1H3;/q-3;-1;+4. The smallest absolute Gasteiger partial charge is 0.515 e. The summed E-state index contributed by atoms with van der Waals surface area (Å²) < 4.78 is 0. The zero-order valence-corrected chi connectivity index (χ0v) is 20.3. The molecule has 1 amide bonds. The number of Topliss-reactive ketones (excluding diaryl/α,β-unsaturated/α-hetero) is 1. The molecule has 0 bridgehead atoms. The summed E-state index contributed by atoms with van der Waals surface area (Å²) >= 11 is 0. The van der Waals surface area contributed by atoms with Crippen molar-refractivity contribution in [1.82, 2.24) is 9.88 Å². The Bertz CT molecular complexity index is 1010. The number of hydrogen-bond acceptors (Lipinski definition) is 5. The molecular formula is C24H23N3O3Os. The molecule has 7 heteroatoms. The van der Waals surface area contributed by atoms with E-state index >= 15 is 0 Å². The number of benzene rings is 1. The Kier molecular flexibility index (Phi) is 8.78. The summed E-state index contributed by atoms with van der Waals surface area (Å²) in [5.74, 6) is -1.74. The number of pyridine rings is 1. The van der Waals surface area contributed by atoms with Crippen molar-refractivity contribution in [3.63, 3.8) is 0 Å². The maximum absolute atomic E-state index is 13.0. The van der Waals surface area contributed by atoms with E-state index in [4.69, 9.17) is 6.58 Å². The van der Waals surface area contributed by atoms with E-state index in [1.165, 1.54) is 6.20 Å². The molecule has 31 heavy (non-hydrogen) atoms. The van der Waals surface area contributed by atoms with Gasteiger partial charge in [-0.15, -0.1) is 11.6 Å². The van der Waals surface area contributed by atoms with Crippen molar-refractivity contribution in [3.05, 3.63) is 91.3 Å². The van der Waals surface area contributed by atoms with Crippen LogP contribution in [0.25, 0.3) is 5.70 Å². The van der Waals surface area contributed by atoms with Crippen LogP contribution in [-0.2, 0) is 29.4 Å². The summed E-state index contributed by atoms with van der Waals surface area (Å²) in [6, 6.07) is 12.4. The molecule has 1 N–H and O–H groups in total. The third-order valence-corrected chi connectivity index (χ3v) is 4.40. The molecule has 160 valence electrons.